The zero-order chi connectivity index (χ0) is 15.7. The molecule has 3 rings (SSSR count). The molecule has 2 heterocycles. The molecule has 1 aromatic heterocycles. The van der Waals surface area contributed by atoms with E-state index in [1.165, 1.54) is 0 Å². The summed E-state index contributed by atoms with van der Waals surface area (Å²) >= 11 is 0. The second-order valence-electron chi connectivity index (χ2n) is 5.92. The van der Waals surface area contributed by atoms with Gasteiger partial charge in [0.15, 0.2) is 0 Å². The summed E-state index contributed by atoms with van der Waals surface area (Å²) < 4.78 is 0. The van der Waals surface area contributed by atoms with Gasteiger partial charge in [0.2, 0.25) is 11.9 Å². The summed E-state index contributed by atoms with van der Waals surface area (Å²) in [7, 11) is 2.11. The molecule has 1 fully saturated rings. The Labute approximate surface area is 129 Å². The average Bonchev–Trinajstić information content (AvgIpc) is 2.48. The van der Waals surface area contributed by atoms with Gasteiger partial charge in [0.25, 0.3) is 0 Å². The Bertz CT molecular complexity index is 707. The highest BCUT2D eigenvalue weighted by molar-refractivity contribution is 5.87. The smallest absolute Gasteiger partial charge is 0.226 e. The minimum absolute atomic E-state index is 0.142. The Hall–Kier alpha value is -2.21. The van der Waals surface area contributed by atoms with Crippen LogP contribution in [0.15, 0.2) is 18.2 Å². The van der Waals surface area contributed by atoms with Gasteiger partial charge in [-0.3, -0.25) is 4.79 Å². The molecular weight excluding hydrogens is 278 g/mol. The summed E-state index contributed by atoms with van der Waals surface area (Å²) in [4.78, 5) is 25.1. The summed E-state index contributed by atoms with van der Waals surface area (Å²) in [6, 6.07) is 6.02. The lowest BCUT2D eigenvalue weighted by atomic mass is 10.1. The highest BCUT2D eigenvalue weighted by Crippen LogP contribution is 2.22. The Morgan fingerprint density at radius 1 is 1.23 bits per heavy atom. The van der Waals surface area contributed by atoms with Gasteiger partial charge in [-0.15, -0.1) is 0 Å². The number of primary amides is 1. The third kappa shape index (κ3) is 3.01. The first kappa shape index (κ1) is 14.7. The van der Waals surface area contributed by atoms with Gasteiger partial charge in [0, 0.05) is 31.6 Å². The zero-order valence-electron chi connectivity index (χ0n) is 13.0. The van der Waals surface area contributed by atoms with Crippen LogP contribution in [0.4, 0.5) is 5.95 Å². The van der Waals surface area contributed by atoms with E-state index in [-0.39, 0.29) is 12.3 Å². The third-order valence-electron chi connectivity index (χ3n) is 4.05. The van der Waals surface area contributed by atoms with E-state index in [9.17, 15) is 4.79 Å². The van der Waals surface area contributed by atoms with Crippen LogP contribution in [0.1, 0.15) is 11.3 Å². The van der Waals surface area contributed by atoms with Crippen LogP contribution in [-0.4, -0.2) is 54.0 Å². The molecule has 0 saturated carbocycles. The summed E-state index contributed by atoms with van der Waals surface area (Å²) in [5.41, 5.74) is 8.08. The maximum Gasteiger partial charge on any atom is 0.226 e. The predicted octanol–water partition coefficient (Wildman–Crippen LogP) is 0.718. The van der Waals surface area contributed by atoms with Crippen LogP contribution in [0.25, 0.3) is 10.9 Å². The average molecular weight is 299 g/mol. The number of rotatable bonds is 3. The molecule has 1 saturated heterocycles. The van der Waals surface area contributed by atoms with Crippen LogP contribution in [0.5, 0.6) is 0 Å². The number of nitrogens with zero attached hydrogens (tertiary/aromatic N) is 4. The number of aryl methyl sites for hydroxylation is 1. The van der Waals surface area contributed by atoms with Crippen LogP contribution in [0, 0.1) is 6.92 Å². The van der Waals surface area contributed by atoms with Crippen molar-refractivity contribution in [3.63, 3.8) is 0 Å². The Morgan fingerprint density at radius 2 is 1.95 bits per heavy atom. The molecule has 0 radical (unpaired) electrons. The lowest BCUT2D eigenvalue weighted by Crippen LogP contribution is -2.45. The van der Waals surface area contributed by atoms with Gasteiger partial charge in [-0.05, 0) is 26.1 Å². The molecule has 6 heteroatoms. The van der Waals surface area contributed by atoms with E-state index in [1.54, 1.807) is 0 Å². The molecule has 1 aromatic carbocycles. The molecule has 22 heavy (non-hydrogen) atoms. The molecule has 1 aliphatic heterocycles. The molecule has 1 amide bonds. The van der Waals surface area contributed by atoms with Crippen LogP contribution in [0.2, 0.25) is 0 Å². The molecule has 2 aromatic rings. The molecule has 0 aliphatic carbocycles. The number of aromatic nitrogens is 2. The van der Waals surface area contributed by atoms with Crippen molar-refractivity contribution in [2.75, 3.05) is 38.1 Å². The van der Waals surface area contributed by atoms with Crippen molar-refractivity contribution in [2.45, 2.75) is 13.3 Å². The van der Waals surface area contributed by atoms with Gasteiger partial charge in [0.05, 0.1) is 17.6 Å². The fourth-order valence-corrected chi connectivity index (χ4v) is 2.74. The molecule has 116 valence electrons. The number of carbonyl (C=O) groups excluding carboxylic acids is 1. The van der Waals surface area contributed by atoms with Crippen molar-refractivity contribution in [3.05, 3.63) is 29.5 Å². The lowest BCUT2D eigenvalue weighted by molar-refractivity contribution is -0.117. The number of carbonyl (C=O) groups is 1. The molecule has 2 N–H and O–H groups in total. The van der Waals surface area contributed by atoms with Crippen molar-refractivity contribution in [3.8, 4) is 0 Å². The number of hydrogen-bond acceptors (Lipinski definition) is 5. The topological polar surface area (TPSA) is 75.3 Å². The number of anilines is 1. The zero-order valence-corrected chi connectivity index (χ0v) is 13.0. The van der Waals surface area contributed by atoms with E-state index in [0.29, 0.717) is 5.95 Å². The largest absolute Gasteiger partial charge is 0.369 e. The summed E-state index contributed by atoms with van der Waals surface area (Å²) in [5, 5.41) is 0.914. The lowest BCUT2D eigenvalue weighted by Gasteiger charge is -2.32. The quantitative estimate of drug-likeness (QED) is 0.904. The number of likely N-dealkylation sites (N-methyl/N-ethyl adjacent to an activating group) is 1. The summed E-state index contributed by atoms with van der Waals surface area (Å²) in [5.74, 6) is 0.325. The van der Waals surface area contributed by atoms with Gasteiger partial charge >= 0.3 is 0 Å². The highest BCUT2D eigenvalue weighted by atomic mass is 16.1. The van der Waals surface area contributed by atoms with Crippen LogP contribution >= 0.6 is 0 Å². The van der Waals surface area contributed by atoms with E-state index >= 15 is 0 Å². The minimum atomic E-state index is -0.370. The van der Waals surface area contributed by atoms with E-state index in [2.05, 4.69) is 26.8 Å². The molecule has 0 unspecified atom stereocenters. The third-order valence-corrected chi connectivity index (χ3v) is 4.05. The second kappa shape index (κ2) is 5.88. The molecule has 0 atom stereocenters. The second-order valence-corrected chi connectivity index (χ2v) is 5.92. The first-order valence-electron chi connectivity index (χ1n) is 7.52. The Kier molecular flexibility index (Phi) is 3.94. The highest BCUT2D eigenvalue weighted by Gasteiger charge is 2.19. The monoisotopic (exact) mass is 299 g/mol. The van der Waals surface area contributed by atoms with Crippen molar-refractivity contribution in [1.82, 2.24) is 14.9 Å². The molecule has 1 aliphatic rings. The number of hydrogen-bond donors (Lipinski definition) is 1. The van der Waals surface area contributed by atoms with Gasteiger partial charge in [-0.25, -0.2) is 9.97 Å². The van der Waals surface area contributed by atoms with E-state index in [0.717, 1.165) is 48.3 Å². The number of amides is 1. The fraction of sp³-hybridized carbons (Fsp3) is 0.438. The predicted molar refractivity (Wildman–Crippen MR) is 86.9 cm³/mol. The number of fused-ring (bicyclic) bond motifs is 1. The van der Waals surface area contributed by atoms with Gasteiger partial charge < -0.3 is 15.5 Å². The van der Waals surface area contributed by atoms with Crippen molar-refractivity contribution < 1.29 is 4.79 Å². The number of benzene rings is 1. The normalized spacial score (nSPS) is 16.2. The van der Waals surface area contributed by atoms with Crippen LogP contribution < -0.4 is 10.6 Å². The minimum Gasteiger partial charge on any atom is -0.369 e. The summed E-state index contributed by atoms with van der Waals surface area (Å²) in [6.45, 7) is 5.77. The van der Waals surface area contributed by atoms with Crippen molar-refractivity contribution in [1.29, 1.82) is 0 Å². The van der Waals surface area contributed by atoms with E-state index in [4.69, 9.17) is 5.73 Å². The first-order chi connectivity index (χ1) is 10.5. The van der Waals surface area contributed by atoms with Gasteiger partial charge in [-0.2, -0.15) is 0 Å². The van der Waals surface area contributed by atoms with Crippen molar-refractivity contribution in [2.24, 2.45) is 5.73 Å². The summed E-state index contributed by atoms with van der Waals surface area (Å²) in [6.07, 6.45) is 0.142. The SMILES string of the molecule is Cc1ccc2nc(N3CCN(C)CC3)nc(CC(N)=O)c2c1. The van der Waals surface area contributed by atoms with Gasteiger partial charge in [-0.1, -0.05) is 11.6 Å². The standard InChI is InChI=1S/C16H21N5O/c1-11-3-4-13-12(9-11)14(10-15(17)22)19-16(18-13)21-7-5-20(2)6-8-21/h3-4,9H,5-8,10H2,1-2H3,(H2,17,22). The molecule has 0 bridgehead atoms. The number of nitrogens with two attached hydrogens (primary N) is 1. The van der Waals surface area contributed by atoms with E-state index in [1.807, 2.05) is 25.1 Å². The Morgan fingerprint density at radius 3 is 2.64 bits per heavy atom. The van der Waals surface area contributed by atoms with Crippen LogP contribution in [0.3, 0.4) is 0 Å². The van der Waals surface area contributed by atoms with Crippen molar-refractivity contribution >= 4 is 22.8 Å². The molecule has 6 nitrogen and oxygen atoms in total. The molecular formula is C16H21N5O. The molecule has 0 spiro atoms. The van der Waals surface area contributed by atoms with Crippen LogP contribution in [-0.2, 0) is 11.2 Å². The van der Waals surface area contributed by atoms with E-state index < -0.39 is 0 Å². The van der Waals surface area contributed by atoms with Gasteiger partial charge in [0.1, 0.15) is 0 Å². The Balaban J connectivity index is 2.04. The fourth-order valence-electron chi connectivity index (χ4n) is 2.74. The number of piperazine rings is 1. The maximum absolute atomic E-state index is 11.4. The maximum atomic E-state index is 11.4. The first-order valence-corrected chi connectivity index (χ1v) is 7.52.